The molecule has 2 atom stereocenters. The van der Waals surface area contributed by atoms with Gasteiger partial charge in [0.1, 0.15) is 5.69 Å². The van der Waals surface area contributed by atoms with Gasteiger partial charge in [-0.1, -0.05) is 0 Å². The average molecular weight is 386 g/mol. The number of carbonyl (C=O) groups is 2. The Morgan fingerprint density at radius 3 is 2.86 bits per heavy atom. The highest BCUT2D eigenvalue weighted by Gasteiger charge is 2.58. The number of methoxy groups -OCH3 is 1. The fraction of sp³-hybridized carbons (Fsp3) is 0.579. The van der Waals surface area contributed by atoms with Crippen LogP contribution in [0.2, 0.25) is 0 Å². The second-order valence-electron chi connectivity index (χ2n) is 7.73. The highest BCUT2D eigenvalue weighted by atomic mass is 16.5. The van der Waals surface area contributed by atoms with Crippen LogP contribution in [0.1, 0.15) is 28.5 Å². The van der Waals surface area contributed by atoms with Crippen molar-refractivity contribution in [3.63, 3.8) is 0 Å². The van der Waals surface area contributed by atoms with Gasteiger partial charge in [0.2, 0.25) is 5.91 Å². The van der Waals surface area contributed by atoms with E-state index in [4.69, 9.17) is 4.74 Å². The normalized spacial score (nSPS) is 24.7. The minimum Gasteiger partial charge on any atom is -0.383 e. The molecule has 0 saturated carbocycles. The molecule has 2 unspecified atom stereocenters. The van der Waals surface area contributed by atoms with E-state index in [1.54, 1.807) is 42.3 Å². The summed E-state index contributed by atoms with van der Waals surface area (Å²) in [5.41, 5.74) is 0.763. The lowest BCUT2D eigenvalue weighted by Gasteiger charge is -2.27. The minimum absolute atomic E-state index is 0.0963. The number of aromatic nitrogens is 4. The molecule has 1 spiro atoms. The van der Waals surface area contributed by atoms with Gasteiger partial charge in [-0.15, -0.1) is 0 Å². The molecule has 2 aliphatic rings. The Morgan fingerprint density at radius 2 is 2.21 bits per heavy atom. The number of likely N-dealkylation sites (tertiary alicyclic amines) is 2. The first-order valence-electron chi connectivity index (χ1n) is 9.50. The third-order valence-corrected chi connectivity index (χ3v) is 6.06. The second kappa shape index (κ2) is 7.05. The van der Waals surface area contributed by atoms with E-state index in [1.165, 1.54) is 0 Å². The molecule has 0 aromatic carbocycles. The Balaban J connectivity index is 1.66. The van der Waals surface area contributed by atoms with E-state index < -0.39 is 5.41 Å². The predicted molar refractivity (Wildman–Crippen MR) is 101 cm³/mol. The van der Waals surface area contributed by atoms with Crippen LogP contribution in [0.3, 0.4) is 0 Å². The summed E-state index contributed by atoms with van der Waals surface area (Å²) in [4.78, 5) is 34.7. The van der Waals surface area contributed by atoms with Gasteiger partial charge in [-0.2, -0.15) is 5.10 Å². The summed E-state index contributed by atoms with van der Waals surface area (Å²) in [5.74, 6) is -0.118. The maximum Gasteiger partial charge on any atom is 0.272 e. The van der Waals surface area contributed by atoms with Crippen molar-refractivity contribution >= 4 is 11.8 Å². The van der Waals surface area contributed by atoms with Gasteiger partial charge in [-0.05, 0) is 12.5 Å². The van der Waals surface area contributed by atoms with Crippen LogP contribution < -0.4 is 0 Å². The van der Waals surface area contributed by atoms with Crippen LogP contribution in [-0.2, 0) is 23.6 Å². The summed E-state index contributed by atoms with van der Waals surface area (Å²) < 4.78 is 8.62. The molecule has 4 rings (SSSR count). The van der Waals surface area contributed by atoms with E-state index >= 15 is 0 Å². The van der Waals surface area contributed by atoms with Crippen molar-refractivity contribution in [1.82, 2.24) is 29.1 Å². The molecule has 0 aliphatic carbocycles. The van der Waals surface area contributed by atoms with Crippen LogP contribution >= 0.6 is 0 Å². The number of amides is 2. The van der Waals surface area contributed by atoms with Crippen molar-refractivity contribution in [2.45, 2.75) is 12.3 Å². The number of carbonyl (C=O) groups excluding carboxylic acids is 2. The van der Waals surface area contributed by atoms with Gasteiger partial charge < -0.3 is 19.1 Å². The van der Waals surface area contributed by atoms with Crippen LogP contribution in [0.4, 0.5) is 0 Å². The number of hydrogen-bond acceptors (Lipinski definition) is 5. The first-order chi connectivity index (χ1) is 13.5. The van der Waals surface area contributed by atoms with Crippen molar-refractivity contribution in [3.05, 3.63) is 36.2 Å². The topological polar surface area (TPSA) is 85.5 Å². The summed E-state index contributed by atoms with van der Waals surface area (Å²) in [7, 11) is 5.30. The van der Waals surface area contributed by atoms with Gasteiger partial charge in [0.15, 0.2) is 0 Å². The van der Waals surface area contributed by atoms with Crippen LogP contribution in [0.25, 0.3) is 0 Å². The molecule has 0 radical (unpaired) electrons. The van der Waals surface area contributed by atoms with Crippen molar-refractivity contribution < 1.29 is 14.3 Å². The smallest absolute Gasteiger partial charge is 0.272 e. The Labute approximate surface area is 163 Å². The Morgan fingerprint density at radius 1 is 1.39 bits per heavy atom. The molecular weight excluding hydrogens is 360 g/mol. The SMILES string of the molecule is COCCN1CCC2(CN(C(=O)c3ccnn3C)CC2c2cn(C)cn2)C1=O. The van der Waals surface area contributed by atoms with Crippen LogP contribution in [0, 0.1) is 5.41 Å². The molecule has 2 amide bonds. The molecule has 2 fully saturated rings. The zero-order valence-electron chi connectivity index (χ0n) is 16.5. The molecule has 2 aliphatic heterocycles. The third-order valence-electron chi connectivity index (χ3n) is 6.06. The molecule has 2 saturated heterocycles. The Hall–Kier alpha value is -2.68. The van der Waals surface area contributed by atoms with Gasteiger partial charge in [-0.3, -0.25) is 14.3 Å². The lowest BCUT2D eigenvalue weighted by Crippen LogP contribution is -2.41. The minimum atomic E-state index is -0.629. The van der Waals surface area contributed by atoms with Crippen LogP contribution in [0.15, 0.2) is 24.8 Å². The van der Waals surface area contributed by atoms with E-state index in [1.807, 2.05) is 22.7 Å². The van der Waals surface area contributed by atoms with Gasteiger partial charge in [0.25, 0.3) is 5.91 Å². The summed E-state index contributed by atoms with van der Waals surface area (Å²) in [6, 6.07) is 1.71. The highest BCUT2D eigenvalue weighted by Crippen LogP contribution is 2.49. The fourth-order valence-corrected chi connectivity index (χ4v) is 4.54. The maximum atomic E-state index is 13.4. The zero-order chi connectivity index (χ0) is 19.9. The fourth-order valence-electron chi connectivity index (χ4n) is 4.54. The standard InChI is InChI=1S/C19H26N6O3/c1-22-11-15(20-13-22)14-10-25(17(26)16-4-6-21-23(16)2)12-19(14)5-7-24(18(19)27)8-9-28-3/h4,6,11,13-14H,5,7-10,12H2,1-3H3. The largest absolute Gasteiger partial charge is 0.383 e. The Kier molecular flexibility index (Phi) is 4.70. The van der Waals surface area contributed by atoms with Gasteiger partial charge >= 0.3 is 0 Å². The van der Waals surface area contributed by atoms with E-state index in [0.717, 1.165) is 5.69 Å². The molecule has 2 aromatic heterocycles. The highest BCUT2D eigenvalue weighted by molar-refractivity contribution is 5.95. The number of rotatable bonds is 5. The number of ether oxygens (including phenoxy) is 1. The molecule has 4 heterocycles. The predicted octanol–water partition coefficient (Wildman–Crippen LogP) is 0.258. The average Bonchev–Trinajstić information content (AvgIpc) is 3.43. The Bertz CT molecular complexity index is 890. The molecular formula is C19H26N6O3. The summed E-state index contributed by atoms with van der Waals surface area (Å²) in [6.07, 6.45) is 6.03. The molecule has 9 nitrogen and oxygen atoms in total. The van der Waals surface area contributed by atoms with Crippen molar-refractivity contribution in [2.75, 3.05) is 39.9 Å². The first kappa shape index (κ1) is 18.7. The zero-order valence-corrected chi connectivity index (χ0v) is 16.5. The lowest BCUT2D eigenvalue weighted by molar-refractivity contribution is -0.136. The van der Waals surface area contributed by atoms with Gasteiger partial charge in [0.05, 0.1) is 24.0 Å². The quantitative estimate of drug-likeness (QED) is 0.736. The number of aryl methyl sites for hydroxylation is 2. The van der Waals surface area contributed by atoms with Crippen molar-refractivity contribution in [3.8, 4) is 0 Å². The van der Waals surface area contributed by atoms with Crippen LogP contribution in [-0.4, -0.2) is 80.8 Å². The number of nitrogens with zero attached hydrogens (tertiary/aromatic N) is 6. The van der Waals surface area contributed by atoms with E-state index in [0.29, 0.717) is 44.9 Å². The summed E-state index contributed by atoms with van der Waals surface area (Å²) in [5, 5.41) is 4.10. The molecule has 0 N–H and O–H groups in total. The summed E-state index contributed by atoms with van der Waals surface area (Å²) >= 11 is 0. The van der Waals surface area contributed by atoms with Gasteiger partial charge in [-0.25, -0.2) is 4.98 Å². The lowest BCUT2D eigenvalue weighted by atomic mass is 9.75. The molecule has 9 heteroatoms. The van der Waals surface area contributed by atoms with E-state index in [-0.39, 0.29) is 17.7 Å². The molecule has 150 valence electrons. The maximum absolute atomic E-state index is 13.4. The number of hydrogen-bond donors (Lipinski definition) is 0. The summed E-state index contributed by atoms with van der Waals surface area (Å²) in [6.45, 7) is 2.64. The third kappa shape index (κ3) is 2.90. The van der Waals surface area contributed by atoms with Crippen molar-refractivity contribution in [2.24, 2.45) is 19.5 Å². The van der Waals surface area contributed by atoms with E-state index in [2.05, 4.69) is 10.1 Å². The molecule has 0 bridgehead atoms. The first-order valence-corrected chi connectivity index (χ1v) is 9.50. The van der Waals surface area contributed by atoms with Gasteiger partial charge in [0, 0.05) is 65.7 Å². The van der Waals surface area contributed by atoms with Crippen molar-refractivity contribution in [1.29, 1.82) is 0 Å². The molecule has 28 heavy (non-hydrogen) atoms. The van der Waals surface area contributed by atoms with E-state index in [9.17, 15) is 9.59 Å². The molecule has 2 aromatic rings. The monoisotopic (exact) mass is 386 g/mol. The van der Waals surface area contributed by atoms with Crippen LogP contribution in [0.5, 0.6) is 0 Å². The number of imidazole rings is 1. The second-order valence-corrected chi connectivity index (χ2v) is 7.73.